The van der Waals surface area contributed by atoms with Crippen LogP contribution in [0.2, 0.25) is 0 Å². The van der Waals surface area contributed by atoms with Crippen LogP contribution < -0.4 is 0 Å². The lowest BCUT2D eigenvalue weighted by Gasteiger charge is -2.21. The van der Waals surface area contributed by atoms with E-state index >= 15 is 0 Å². The summed E-state index contributed by atoms with van der Waals surface area (Å²) in [4.78, 5) is 1.22. The van der Waals surface area contributed by atoms with E-state index < -0.39 is 11.2 Å². The van der Waals surface area contributed by atoms with Gasteiger partial charge in [-0.2, -0.15) is 0 Å². The molecule has 0 atom stereocenters. The van der Waals surface area contributed by atoms with Crippen LogP contribution in [0.1, 0.15) is 35.6 Å². The van der Waals surface area contributed by atoms with Crippen molar-refractivity contribution in [2.75, 3.05) is 5.75 Å². The van der Waals surface area contributed by atoms with Gasteiger partial charge in [0.05, 0.1) is 11.2 Å². The minimum Gasteiger partial charge on any atom is -0.389 e. The van der Waals surface area contributed by atoms with Crippen molar-refractivity contribution in [3.8, 4) is 0 Å². The molecule has 2 aliphatic carbocycles. The van der Waals surface area contributed by atoms with Crippen LogP contribution in [0, 0.1) is 0 Å². The molecule has 2 N–H and O–H groups in total. The number of aliphatic hydroxyl groups is 2. The van der Waals surface area contributed by atoms with Gasteiger partial charge in [0.15, 0.2) is 0 Å². The summed E-state index contributed by atoms with van der Waals surface area (Å²) in [5.74, 6) is 0.756. The Kier molecular flexibility index (Phi) is 6.90. The zero-order valence-corrected chi connectivity index (χ0v) is 19.6. The Bertz CT molecular complexity index is 1020. The van der Waals surface area contributed by atoms with Crippen LogP contribution in [0.5, 0.6) is 0 Å². The highest BCUT2D eigenvalue weighted by molar-refractivity contribution is 7.99. The third-order valence-electron chi connectivity index (χ3n) is 6.20. The summed E-state index contributed by atoms with van der Waals surface area (Å²) < 4.78 is 0. The van der Waals surface area contributed by atoms with Crippen LogP contribution in [-0.2, 0) is 25.7 Å². The Morgan fingerprint density at radius 2 is 1.12 bits per heavy atom. The van der Waals surface area contributed by atoms with Crippen LogP contribution in [0.3, 0.4) is 0 Å². The molecule has 3 aromatic rings. The van der Waals surface area contributed by atoms with E-state index in [9.17, 15) is 10.2 Å². The van der Waals surface area contributed by atoms with Crippen LogP contribution in [0.25, 0.3) is 0 Å². The van der Waals surface area contributed by atoms with Gasteiger partial charge in [-0.1, -0.05) is 72.3 Å². The molecule has 0 unspecified atom stereocenters. The van der Waals surface area contributed by atoms with Crippen LogP contribution >= 0.6 is 11.8 Å². The van der Waals surface area contributed by atoms with Crippen LogP contribution in [-0.4, -0.2) is 27.2 Å². The number of fused-ring (bicyclic) bond motifs is 2. The standard InChI is InChI=1S/C16H16OS.C13H16O/c17-16(12-18-15-8-2-1-3-9-15)10-13-6-4-5-7-14(13)11-16;1-10(2)7-13(14)8-11-5-3-4-6-12(11)9-13/h1-9,17H,10-12H2;3-6,14H,1,7-9H2,2H3. The van der Waals surface area contributed by atoms with Gasteiger partial charge in [-0.25, -0.2) is 0 Å². The predicted octanol–water partition coefficient (Wildman–Crippen LogP) is 5.79. The maximum atomic E-state index is 10.7. The molecule has 0 fully saturated rings. The molecule has 0 heterocycles. The number of rotatable bonds is 5. The third kappa shape index (κ3) is 5.72. The average Bonchev–Trinajstić information content (AvgIpc) is 3.28. The topological polar surface area (TPSA) is 40.5 Å². The smallest absolute Gasteiger partial charge is 0.0821 e. The molecule has 0 amide bonds. The Labute approximate surface area is 196 Å². The molecule has 0 saturated carbocycles. The second-order valence-electron chi connectivity index (χ2n) is 9.43. The van der Waals surface area contributed by atoms with Gasteiger partial charge in [-0.15, -0.1) is 18.3 Å². The molecule has 0 saturated heterocycles. The molecule has 166 valence electrons. The SMILES string of the molecule is C=C(C)CC1(O)Cc2ccccc2C1.OC1(CSc2ccccc2)Cc2ccccc2C1. The van der Waals surface area contributed by atoms with Gasteiger partial charge in [0.1, 0.15) is 0 Å². The molecule has 0 radical (unpaired) electrons. The first-order valence-corrected chi connectivity index (χ1v) is 12.2. The fraction of sp³-hybridized carbons (Fsp3) is 0.310. The number of hydrogen-bond acceptors (Lipinski definition) is 3. The molecule has 3 heteroatoms. The van der Waals surface area contributed by atoms with Crippen molar-refractivity contribution in [3.63, 3.8) is 0 Å². The molecule has 0 aromatic heterocycles. The highest BCUT2D eigenvalue weighted by atomic mass is 32.2. The van der Waals surface area contributed by atoms with Crippen molar-refractivity contribution in [2.45, 2.75) is 55.1 Å². The Morgan fingerprint density at radius 3 is 1.56 bits per heavy atom. The second-order valence-corrected chi connectivity index (χ2v) is 10.5. The van der Waals surface area contributed by atoms with E-state index in [4.69, 9.17) is 0 Å². The van der Waals surface area contributed by atoms with Crippen LogP contribution in [0.4, 0.5) is 0 Å². The number of benzene rings is 3. The highest BCUT2D eigenvalue weighted by Gasteiger charge is 2.35. The molecule has 3 aromatic carbocycles. The number of thioether (sulfide) groups is 1. The zero-order valence-electron chi connectivity index (χ0n) is 18.8. The van der Waals surface area contributed by atoms with E-state index in [1.165, 1.54) is 27.1 Å². The molecular weight excluding hydrogens is 412 g/mol. The Hall–Kier alpha value is -2.33. The Balaban J connectivity index is 0.000000158. The predicted molar refractivity (Wildman–Crippen MR) is 134 cm³/mol. The molecule has 0 spiro atoms. The van der Waals surface area contributed by atoms with E-state index in [-0.39, 0.29) is 0 Å². The summed E-state index contributed by atoms with van der Waals surface area (Å²) >= 11 is 1.74. The van der Waals surface area contributed by atoms with Crippen molar-refractivity contribution in [1.82, 2.24) is 0 Å². The van der Waals surface area contributed by atoms with Gasteiger partial charge in [0.25, 0.3) is 0 Å². The lowest BCUT2D eigenvalue weighted by atomic mass is 9.93. The van der Waals surface area contributed by atoms with Crippen molar-refractivity contribution >= 4 is 11.8 Å². The third-order valence-corrected chi connectivity index (χ3v) is 7.48. The summed E-state index contributed by atoms with van der Waals surface area (Å²) in [6.45, 7) is 5.84. The summed E-state index contributed by atoms with van der Waals surface area (Å²) in [5, 5.41) is 21.0. The van der Waals surface area contributed by atoms with Gasteiger partial charge in [-0.3, -0.25) is 0 Å². The van der Waals surface area contributed by atoms with Gasteiger partial charge >= 0.3 is 0 Å². The fourth-order valence-electron chi connectivity index (χ4n) is 4.87. The van der Waals surface area contributed by atoms with Gasteiger partial charge < -0.3 is 10.2 Å². The molecule has 0 bridgehead atoms. The summed E-state index contributed by atoms with van der Waals surface area (Å²) in [7, 11) is 0. The van der Waals surface area contributed by atoms with Gasteiger partial charge in [-0.05, 0) is 47.7 Å². The average molecular weight is 445 g/mol. The van der Waals surface area contributed by atoms with E-state index in [1.807, 2.05) is 37.3 Å². The molecule has 2 nitrogen and oxygen atoms in total. The molecule has 5 rings (SSSR count). The van der Waals surface area contributed by atoms with Crippen molar-refractivity contribution < 1.29 is 10.2 Å². The quantitative estimate of drug-likeness (QED) is 0.386. The van der Waals surface area contributed by atoms with Gasteiger partial charge in [0, 0.05) is 36.3 Å². The fourth-order valence-corrected chi connectivity index (χ4v) is 5.86. The molecule has 2 aliphatic rings. The summed E-state index contributed by atoms with van der Waals surface area (Å²) in [6.07, 6.45) is 3.82. The maximum Gasteiger partial charge on any atom is 0.0821 e. The first kappa shape index (κ1) is 22.8. The normalized spacial score (nSPS) is 17.1. The van der Waals surface area contributed by atoms with Gasteiger partial charge in [0.2, 0.25) is 0 Å². The highest BCUT2D eigenvalue weighted by Crippen LogP contribution is 2.35. The van der Waals surface area contributed by atoms with Crippen molar-refractivity contribution in [1.29, 1.82) is 0 Å². The second kappa shape index (κ2) is 9.66. The first-order chi connectivity index (χ1) is 15.3. The van der Waals surface area contributed by atoms with E-state index in [1.54, 1.807) is 11.8 Å². The molecule has 32 heavy (non-hydrogen) atoms. The van der Waals surface area contributed by atoms with Crippen molar-refractivity contribution in [2.24, 2.45) is 0 Å². The van der Waals surface area contributed by atoms with Crippen LogP contribution in [0.15, 0.2) is 95.9 Å². The lowest BCUT2D eigenvalue weighted by Crippen LogP contribution is -2.32. The number of hydrogen-bond donors (Lipinski definition) is 2. The Morgan fingerprint density at radius 1 is 0.719 bits per heavy atom. The minimum absolute atomic E-state index is 0.574. The first-order valence-electron chi connectivity index (χ1n) is 11.2. The lowest BCUT2D eigenvalue weighted by molar-refractivity contribution is 0.0519. The summed E-state index contributed by atoms with van der Waals surface area (Å²) in [6, 6.07) is 26.9. The minimum atomic E-state index is -0.579. The largest absolute Gasteiger partial charge is 0.389 e. The van der Waals surface area contributed by atoms with E-state index in [0.717, 1.165) is 37.0 Å². The molecule has 0 aliphatic heterocycles. The van der Waals surface area contributed by atoms with Crippen molar-refractivity contribution in [3.05, 3.63) is 113 Å². The zero-order chi connectivity index (χ0) is 22.6. The van der Waals surface area contributed by atoms with E-state index in [0.29, 0.717) is 6.42 Å². The maximum absolute atomic E-state index is 10.7. The van der Waals surface area contributed by atoms with E-state index in [2.05, 4.69) is 55.1 Å². The molecular formula is C29H32O2S. The summed E-state index contributed by atoms with van der Waals surface area (Å²) in [5.41, 5.74) is 5.08. The monoisotopic (exact) mass is 444 g/mol.